The van der Waals surface area contributed by atoms with Crippen LogP contribution in [0.3, 0.4) is 0 Å². The van der Waals surface area contributed by atoms with Gasteiger partial charge in [0, 0.05) is 0 Å². The van der Waals surface area contributed by atoms with E-state index in [0.29, 0.717) is 0 Å². The van der Waals surface area contributed by atoms with Crippen LogP contribution in [-0.4, -0.2) is 0 Å². The van der Waals surface area contributed by atoms with Crippen LogP contribution in [0.15, 0.2) is 0 Å². The Morgan fingerprint density at radius 1 is 0.207 bits per heavy atom. The molecule has 0 aromatic heterocycles. The summed E-state index contributed by atoms with van der Waals surface area (Å²) >= 11 is 12.0. The second kappa shape index (κ2) is 1090. The third-order valence-electron chi connectivity index (χ3n) is 0. The SMILES string of the molecule is [C-]#N.[C-]#N.[C-]#N.[C-]#N.[C-]#N.[C-]#N.[C-]#N.[C-]#N.[C-]#N.[C-]#N.[C-]#N.[C-]#N.[Fe+2].[Fe]=[Fe].[Fe]=[Fe]. The van der Waals surface area contributed by atoms with Gasteiger partial charge in [-0.3, -0.25) is 0 Å². The number of rotatable bonds is 0. The first-order chi connectivity index (χ1) is 14.0. The maximum atomic E-state index is 6.25. The zero-order valence-electron chi connectivity index (χ0n) is 13.1. The fourth-order valence-electron chi connectivity index (χ4n) is 0. The second-order valence-electron chi connectivity index (χ2n) is 0. The maximum absolute atomic E-state index is 6.25. The molecule has 17 heteroatoms. The van der Waals surface area contributed by atoms with E-state index in [-0.39, 0.29) is 17.1 Å². The van der Waals surface area contributed by atoms with Crippen molar-refractivity contribution < 1.29 is 71.7 Å². The third kappa shape index (κ3) is 997. The van der Waals surface area contributed by atoms with Gasteiger partial charge in [-0.15, -0.1) is 0 Å². The van der Waals surface area contributed by atoms with Crippen LogP contribution in [0.25, 0.3) is 0 Å². The van der Waals surface area contributed by atoms with Crippen LogP contribution in [0.2, 0.25) is 0 Å². The second-order valence-corrected chi connectivity index (χ2v) is 0. The number of nitrogens with zero attached hydrogens (tertiary/aromatic N) is 12. The van der Waals surface area contributed by atoms with E-state index in [1.54, 1.807) is 0 Å². The summed E-state index contributed by atoms with van der Waals surface area (Å²) in [7, 11) is 0. The van der Waals surface area contributed by atoms with Crippen LogP contribution in [0.4, 0.5) is 0 Å². The molecule has 0 fully saturated rings. The van der Waals surface area contributed by atoms with Gasteiger partial charge in [0.2, 0.25) is 0 Å². The Labute approximate surface area is 212 Å². The monoisotopic (exact) mass is 592 g/mol. The van der Waals surface area contributed by atoms with Crippen molar-refractivity contribution >= 4 is 0 Å². The molecule has 0 aliphatic carbocycles. The molecule has 0 aromatic rings. The Kier molecular flexibility index (Phi) is 5210. The van der Waals surface area contributed by atoms with E-state index in [9.17, 15) is 0 Å². The fraction of sp³-hybridized carbons (Fsp3) is 0. The number of hydrogen-bond donors (Lipinski definition) is 0. The van der Waals surface area contributed by atoms with Gasteiger partial charge in [-0.25, -0.2) is 0 Å². The van der Waals surface area contributed by atoms with Crippen LogP contribution >= 0.6 is 0 Å². The van der Waals surface area contributed by atoms with Gasteiger partial charge in [-0.05, 0) is 0 Å². The zero-order valence-corrected chi connectivity index (χ0v) is 18.7. The molecule has 29 heavy (non-hydrogen) atoms. The molecule has 0 saturated heterocycles. The van der Waals surface area contributed by atoms with Crippen molar-refractivity contribution in [1.82, 2.24) is 0 Å². The summed E-state index contributed by atoms with van der Waals surface area (Å²) in [6.45, 7) is 57.0. The van der Waals surface area contributed by atoms with Crippen LogP contribution in [-0.2, 0) is 71.7 Å². The molecule has 0 aromatic carbocycles. The quantitative estimate of drug-likeness (QED) is 0.283. The molecule has 0 bridgehead atoms. The molecule has 0 aliphatic heterocycles. The minimum atomic E-state index is 0. The van der Waals surface area contributed by atoms with E-state index >= 15 is 0 Å². The van der Waals surface area contributed by atoms with E-state index in [1.165, 1.54) is 0 Å². The average molecular weight is 591 g/mol. The van der Waals surface area contributed by atoms with E-state index in [0.717, 1.165) is 0 Å². The van der Waals surface area contributed by atoms with Crippen LogP contribution in [0.5, 0.6) is 0 Å². The average Bonchev–Trinajstić information content (AvgIpc) is 2.95. The Balaban J connectivity index is -0.00000000558. The van der Waals surface area contributed by atoms with Gasteiger partial charge < -0.3 is 142 Å². The van der Waals surface area contributed by atoms with Gasteiger partial charge in [-0.1, -0.05) is 0 Å². The molecule has 0 amide bonds. The first-order valence-electron chi connectivity index (χ1n) is 2.93. The zero-order chi connectivity index (χ0) is 28.0. The Morgan fingerprint density at radius 2 is 0.207 bits per heavy atom. The summed E-state index contributed by atoms with van der Waals surface area (Å²) in [5, 5.41) is 75.0. The first kappa shape index (κ1) is 139. The van der Waals surface area contributed by atoms with Crippen LogP contribution < -0.4 is 0 Å². The van der Waals surface area contributed by atoms with Gasteiger partial charge in [0.25, 0.3) is 0 Å². The van der Waals surface area contributed by atoms with E-state index in [4.69, 9.17) is 142 Å². The van der Waals surface area contributed by atoms with E-state index < -0.39 is 0 Å². The third-order valence-corrected chi connectivity index (χ3v) is 0. The van der Waals surface area contributed by atoms with Crippen molar-refractivity contribution in [3.05, 3.63) is 78.9 Å². The molecule has 158 valence electrons. The topological polar surface area (TPSA) is 285 Å². The number of hydrogen-bond acceptors (Lipinski definition) is 12. The summed E-state index contributed by atoms with van der Waals surface area (Å²) in [5.41, 5.74) is 0. The van der Waals surface area contributed by atoms with E-state index in [1.807, 2.05) is 0 Å². The summed E-state index contributed by atoms with van der Waals surface area (Å²) in [5.74, 6) is 0. The van der Waals surface area contributed by atoms with Crippen molar-refractivity contribution in [2.75, 3.05) is 0 Å². The molecular weight excluding hydrogens is 591 g/mol. The summed E-state index contributed by atoms with van der Waals surface area (Å²) < 4.78 is 0. The van der Waals surface area contributed by atoms with Gasteiger partial charge in [0.1, 0.15) is 0 Å². The molecule has 0 radical (unpaired) electrons. The molecule has 0 atom stereocenters. The minimum absolute atomic E-state index is 0. The summed E-state index contributed by atoms with van der Waals surface area (Å²) in [4.78, 5) is 0. The molecule has 0 unspecified atom stereocenters. The summed E-state index contributed by atoms with van der Waals surface area (Å²) in [6.07, 6.45) is 0. The van der Waals surface area contributed by atoms with Crippen molar-refractivity contribution in [3.8, 4) is 0 Å². The Bertz CT molecular complexity index is 254. The van der Waals surface area contributed by atoms with Gasteiger partial charge in [0.15, 0.2) is 0 Å². The molecule has 0 aliphatic rings. The normalized spacial score (nSPS) is 1.24. The fourth-order valence-corrected chi connectivity index (χ4v) is 0. The molecule has 0 spiro atoms. The van der Waals surface area contributed by atoms with E-state index in [2.05, 4.69) is 54.6 Å². The van der Waals surface area contributed by atoms with Crippen molar-refractivity contribution in [1.29, 1.82) is 63.1 Å². The van der Waals surface area contributed by atoms with Crippen molar-refractivity contribution in [2.45, 2.75) is 0 Å². The molecule has 0 saturated carbocycles. The standard InChI is InChI=1S/12CN.5Fe/c12*1-2;;;;;/q12*-1;;;;;+2. The molecule has 0 rings (SSSR count). The van der Waals surface area contributed by atoms with Crippen molar-refractivity contribution in [2.24, 2.45) is 0 Å². The van der Waals surface area contributed by atoms with Crippen molar-refractivity contribution in [3.63, 3.8) is 0 Å². The predicted molar refractivity (Wildman–Crippen MR) is 59.6 cm³/mol. The predicted octanol–water partition coefficient (Wildman–Crippen LogP) is 1.14. The Hall–Kier alpha value is -3.52. The summed E-state index contributed by atoms with van der Waals surface area (Å²) in [6, 6.07) is 0. The molecular formula is C12Fe5N12-10. The van der Waals surface area contributed by atoms with Gasteiger partial charge in [-0.2, -0.15) is 0 Å². The molecule has 12 nitrogen and oxygen atoms in total. The first-order valence-corrected chi connectivity index (χ1v) is 6.93. The van der Waals surface area contributed by atoms with Gasteiger partial charge >= 0.3 is 71.7 Å². The Morgan fingerprint density at radius 3 is 0.207 bits per heavy atom. The molecule has 0 N–H and O–H groups in total. The van der Waals surface area contributed by atoms with Gasteiger partial charge in [0.05, 0.1) is 0 Å². The van der Waals surface area contributed by atoms with Crippen LogP contribution in [0, 0.1) is 142 Å². The molecule has 0 heterocycles. The van der Waals surface area contributed by atoms with Crippen LogP contribution in [0.1, 0.15) is 0 Å².